The summed E-state index contributed by atoms with van der Waals surface area (Å²) in [4.78, 5) is 11.8. The minimum absolute atomic E-state index is 0.0584. The van der Waals surface area contributed by atoms with Crippen molar-refractivity contribution in [1.29, 1.82) is 0 Å². The van der Waals surface area contributed by atoms with Gasteiger partial charge in [-0.2, -0.15) is 0 Å². The summed E-state index contributed by atoms with van der Waals surface area (Å²) in [5, 5.41) is 2.38. The van der Waals surface area contributed by atoms with Gasteiger partial charge in [0.15, 0.2) is 0 Å². The molecule has 0 heterocycles. The van der Waals surface area contributed by atoms with Gasteiger partial charge in [-0.05, 0) is 25.5 Å². The van der Waals surface area contributed by atoms with Crippen LogP contribution in [0.5, 0.6) is 0 Å². The van der Waals surface area contributed by atoms with Crippen LogP contribution in [0.3, 0.4) is 0 Å². The van der Waals surface area contributed by atoms with Crippen LogP contribution in [0, 0.1) is 11.6 Å². The average Bonchev–Trinajstić information content (AvgIpc) is 2.34. The van der Waals surface area contributed by atoms with Crippen LogP contribution in [-0.4, -0.2) is 32.4 Å². The van der Waals surface area contributed by atoms with Gasteiger partial charge in [0.2, 0.25) is 5.91 Å². The van der Waals surface area contributed by atoms with E-state index in [-0.39, 0.29) is 17.7 Å². The Morgan fingerprint density at radius 3 is 2.33 bits per heavy atom. The number of hydrogen-bond donors (Lipinski definition) is 2. The second kappa shape index (κ2) is 6.95. The number of rotatable bonds is 6. The van der Waals surface area contributed by atoms with Crippen LogP contribution >= 0.6 is 0 Å². The minimum Gasteiger partial charge on any atom is -0.348 e. The maximum absolute atomic E-state index is 13.6. The molecule has 1 rings (SSSR count). The van der Waals surface area contributed by atoms with Crippen molar-refractivity contribution in [2.24, 2.45) is 5.73 Å². The zero-order chi connectivity index (χ0) is 16.2. The first kappa shape index (κ1) is 17.5. The normalized spacial score (nSPS) is 14.5. The highest BCUT2D eigenvalue weighted by molar-refractivity contribution is 7.90. The van der Waals surface area contributed by atoms with Crippen molar-refractivity contribution in [1.82, 2.24) is 5.32 Å². The number of nitrogens with two attached hydrogens (primary N) is 1. The van der Waals surface area contributed by atoms with Crippen molar-refractivity contribution in [3.8, 4) is 0 Å². The number of carbonyl (C=O) groups is 1. The number of hydrogen-bond acceptors (Lipinski definition) is 4. The Morgan fingerprint density at radius 1 is 1.33 bits per heavy atom. The molecular weight excluding hydrogens is 302 g/mol. The highest BCUT2D eigenvalue weighted by Crippen LogP contribution is 2.20. The van der Waals surface area contributed by atoms with Crippen LogP contribution in [0.4, 0.5) is 8.78 Å². The fourth-order valence-corrected chi connectivity index (χ4v) is 2.47. The van der Waals surface area contributed by atoms with Crippen molar-refractivity contribution in [3.63, 3.8) is 0 Å². The van der Waals surface area contributed by atoms with Crippen molar-refractivity contribution in [2.45, 2.75) is 25.4 Å². The van der Waals surface area contributed by atoms with Gasteiger partial charge in [0, 0.05) is 11.8 Å². The summed E-state index contributed by atoms with van der Waals surface area (Å²) in [6.07, 6.45) is 0.978. The van der Waals surface area contributed by atoms with Gasteiger partial charge in [-0.25, -0.2) is 17.2 Å². The lowest BCUT2D eigenvalue weighted by atomic mass is 10.1. The smallest absolute Gasteiger partial charge is 0.237 e. The summed E-state index contributed by atoms with van der Waals surface area (Å²) in [5.74, 6) is -2.43. The highest BCUT2D eigenvalue weighted by atomic mass is 32.2. The maximum atomic E-state index is 13.6. The van der Waals surface area contributed by atoms with E-state index in [1.54, 1.807) is 0 Å². The Bertz CT molecular complexity index is 600. The first-order chi connectivity index (χ1) is 9.61. The summed E-state index contributed by atoms with van der Waals surface area (Å²) in [7, 11) is -3.23. The number of benzene rings is 1. The Kier molecular flexibility index (Phi) is 5.79. The molecule has 0 saturated heterocycles. The number of nitrogens with one attached hydrogen (secondary N) is 1. The maximum Gasteiger partial charge on any atom is 0.237 e. The molecule has 0 radical (unpaired) electrons. The van der Waals surface area contributed by atoms with E-state index in [0.29, 0.717) is 0 Å². The number of halogens is 2. The van der Waals surface area contributed by atoms with Crippen molar-refractivity contribution < 1.29 is 22.0 Å². The molecule has 1 aromatic carbocycles. The monoisotopic (exact) mass is 320 g/mol. The summed E-state index contributed by atoms with van der Waals surface area (Å²) >= 11 is 0. The van der Waals surface area contributed by atoms with E-state index >= 15 is 0 Å². The van der Waals surface area contributed by atoms with E-state index in [4.69, 9.17) is 5.73 Å². The lowest BCUT2D eigenvalue weighted by Crippen LogP contribution is -2.42. The number of amides is 1. The van der Waals surface area contributed by atoms with Crippen LogP contribution in [0.2, 0.25) is 0 Å². The fourth-order valence-electron chi connectivity index (χ4n) is 1.79. The van der Waals surface area contributed by atoms with Gasteiger partial charge in [0.1, 0.15) is 21.5 Å². The van der Waals surface area contributed by atoms with Crippen LogP contribution in [0.25, 0.3) is 0 Å². The van der Waals surface area contributed by atoms with Gasteiger partial charge in [0.25, 0.3) is 0 Å². The van der Waals surface area contributed by atoms with Gasteiger partial charge in [-0.3, -0.25) is 4.79 Å². The molecule has 0 aliphatic heterocycles. The molecule has 21 heavy (non-hydrogen) atoms. The lowest BCUT2D eigenvalue weighted by Gasteiger charge is -2.18. The van der Waals surface area contributed by atoms with Crippen LogP contribution in [0.1, 0.15) is 24.9 Å². The standard InChI is InChI=1S/C13H18F2N2O3S/c1-8(12-9(14)4-3-5-10(12)15)17-13(18)11(16)6-7-21(2,19)20/h3-5,8,11H,6-7,16H2,1-2H3,(H,17,18). The Balaban J connectivity index is 2.70. The van der Waals surface area contributed by atoms with E-state index in [1.807, 2.05) is 0 Å². The largest absolute Gasteiger partial charge is 0.348 e. The van der Waals surface area contributed by atoms with E-state index in [9.17, 15) is 22.0 Å². The molecule has 0 saturated carbocycles. The van der Waals surface area contributed by atoms with Crippen LogP contribution in [-0.2, 0) is 14.6 Å². The first-order valence-electron chi connectivity index (χ1n) is 6.29. The Hall–Kier alpha value is -1.54. The topological polar surface area (TPSA) is 89.3 Å². The lowest BCUT2D eigenvalue weighted by molar-refractivity contribution is -0.123. The van der Waals surface area contributed by atoms with Gasteiger partial charge >= 0.3 is 0 Å². The molecule has 5 nitrogen and oxygen atoms in total. The van der Waals surface area contributed by atoms with Crippen LogP contribution < -0.4 is 11.1 Å². The molecule has 3 N–H and O–H groups in total. The van der Waals surface area contributed by atoms with E-state index in [0.717, 1.165) is 18.4 Å². The molecule has 8 heteroatoms. The number of sulfone groups is 1. The van der Waals surface area contributed by atoms with Crippen molar-refractivity contribution in [2.75, 3.05) is 12.0 Å². The van der Waals surface area contributed by atoms with Crippen LogP contribution in [0.15, 0.2) is 18.2 Å². The van der Waals surface area contributed by atoms with Gasteiger partial charge in [-0.15, -0.1) is 0 Å². The zero-order valence-corrected chi connectivity index (χ0v) is 12.6. The zero-order valence-electron chi connectivity index (χ0n) is 11.8. The average molecular weight is 320 g/mol. The Morgan fingerprint density at radius 2 is 1.86 bits per heavy atom. The molecular formula is C13H18F2N2O3S. The van der Waals surface area contributed by atoms with E-state index < -0.39 is 39.5 Å². The highest BCUT2D eigenvalue weighted by Gasteiger charge is 2.21. The van der Waals surface area contributed by atoms with Crippen molar-refractivity contribution >= 4 is 15.7 Å². The quantitative estimate of drug-likeness (QED) is 0.815. The molecule has 0 aliphatic carbocycles. The molecule has 2 atom stereocenters. The van der Waals surface area contributed by atoms with E-state index in [1.165, 1.54) is 13.0 Å². The first-order valence-corrected chi connectivity index (χ1v) is 8.35. The predicted octanol–water partition coefficient (Wildman–Crippen LogP) is 0.904. The van der Waals surface area contributed by atoms with Gasteiger partial charge in [-0.1, -0.05) is 6.07 Å². The van der Waals surface area contributed by atoms with Gasteiger partial charge < -0.3 is 11.1 Å². The SMILES string of the molecule is CC(NC(=O)C(N)CCS(C)(=O)=O)c1c(F)cccc1F. The minimum atomic E-state index is -3.23. The van der Waals surface area contributed by atoms with Gasteiger partial charge in [0.05, 0.1) is 17.8 Å². The molecule has 0 aromatic heterocycles. The second-order valence-corrected chi connectivity index (χ2v) is 7.15. The predicted molar refractivity (Wildman–Crippen MR) is 75.2 cm³/mol. The third-order valence-corrected chi connectivity index (χ3v) is 3.91. The van der Waals surface area contributed by atoms with Crippen molar-refractivity contribution in [3.05, 3.63) is 35.4 Å². The van der Waals surface area contributed by atoms with E-state index in [2.05, 4.69) is 5.32 Å². The molecule has 0 aliphatic rings. The third kappa shape index (κ3) is 5.39. The molecule has 0 bridgehead atoms. The molecule has 0 fully saturated rings. The summed E-state index contributed by atoms with van der Waals surface area (Å²) in [6.45, 7) is 1.42. The fraction of sp³-hybridized carbons (Fsp3) is 0.462. The molecule has 118 valence electrons. The summed E-state index contributed by atoms with van der Waals surface area (Å²) < 4.78 is 49.1. The summed E-state index contributed by atoms with van der Waals surface area (Å²) in [6, 6.07) is 1.43. The molecule has 0 spiro atoms. The molecule has 1 aromatic rings. The number of carbonyl (C=O) groups excluding carboxylic acids is 1. The third-order valence-electron chi connectivity index (χ3n) is 2.93. The molecule has 1 amide bonds. The molecule has 2 unspecified atom stereocenters. The Labute approximate surface area is 122 Å². The second-order valence-electron chi connectivity index (χ2n) is 4.89. The summed E-state index contributed by atoms with van der Waals surface area (Å²) in [5.41, 5.74) is 5.30.